The molecule has 0 aliphatic carbocycles. The van der Waals surface area contributed by atoms with Gasteiger partial charge < -0.3 is 66.7 Å². The van der Waals surface area contributed by atoms with Crippen molar-refractivity contribution in [1.82, 2.24) is 56.8 Å². The lowest BCUT2D eigenvalue weighted by Crippen LogP contribution is -2.61. The number of nitrogens with one attached hydrogen (secondary N) is 7. The zero-order chi connectivity index (χ0) is 85.4. The molecule has 6 aromatic carbocycles. The molecule has 11 amide bonds. The number of benzene rings is 6. The summed E-state index contributed by atoms with van der Waals surface area (Å²) in [5.41, 5.74) is -2.08. The SMILES string of the molecule is C[C@@H](C(=O)N[C@H](C(=O)N1C[C@@H]2C[C@H]1C(=O)N[C@@H](Cc1ccc3ccccc3c1)C(=O)C[C@H](C(=O)O)Cc1ccc(cc1)C(=O)N[C@H]1C[C@@H](C(=O)N[C@@H](Cc3ccc4ccccc4c3)C(=O)N[C@H](C(=O)O)Cc3ccc(cc3)C(=O)N2)N(C(=O)[C@@H](NC(=O)[C@H](C)N(C)C(=O)OC(C)(C)C)C(C)(C)C)C1)C(C)(C)C)N(C)C(=O)OC(C)(C)C. The second kappa shape index (κ2) is 36.4. The fraction of sp³-hybridized carbons (Fsp3) is 0.471. The number of carboxylic acids is 2. The smallest absolute Gasteiger partial charge is 0.410 e. The Kier molecular flexibility index (Phi) is 27.6. The molecule has 116 heavy (non-hydrogen) atoms. The van der Waals surface area contributed by atoms with Crippen LogP contribution in [0.4, 0.5) is 9.59 Å². The van der Waals surface area contributed by atoms with Crippen molar-refractivity contribution in [2.24, 2.45) is 16.7 Å². The third-order valence-corrected chi connectivity index (χ3v) is 21.1. The molecule has 0 radical (unpaired) electrons. The normalized spacial score (nSPS) is 21.4. The minimum Gasteiger partial charge on any atom is -0.481 e. The number of likely N-dealkylation sites (tertiary alicyclic amines) is 2. The minimum absolute atomic E-state index is 0.0466. The third kappa shape index (κ3) is 22.8. The van der Waals surface area contributed by atoms with Gasteiger partial charge in [-0.3, -0.25) is 62.5 Å². The van der Waals surface area contributed by atoms with E-state index in [1.807, 2.05) is 72.8 Å². The summed E-state index contributed by atoms with van der Waals surface area (Å²) < 4.78 is 11.0. The first kappa shape index (κ1) is 88.2. The van der Waals surface area contributed by atoms with Gasteiger partial charge in [0.15, 0.2) is 5.78 Å². The molecule has 9 N–H and O–H groups in total. The lowest BCUT2D eigenvalue weighted by Gasteiger charge is -2.37. The molecule has 12 rings (SSSR count). The van der Waals surface area contributed by atoms with Crippen molar-refractivity contribution in [2.45, 2.75) is 220 Å². The Morgan fingerprint density at radius 3 is 1.22 bits per heavy atom. The van der Waals surface area contributed by atoms with E-state index < -0.39 is 184 Å². The molecule has 0 saturated carbocycles. The third-order valence-electron chi connectivity index (χ3n) is 21.1. The first-order valence-electron chi connectivity index (χ1n) is 39.0. The topological polar surface area (TPSA) is 395 Å². The van der Waals surface area contributed by atoms with Crippen LogP contribution in [0.1, 0.15) is 159 Å². The molecular formula is C87H109N11O18. The monoisotopic (exact) mass is 1600 g/mol. The zero-order valence-electron chi connectivity index (χ0n) is 68.7. The number of amides is 11. The number of carboxylic acid groups (broad SMARTS) is 2. The Morgan fingerprint density at radius 2 is 0.845 bits per heavy atom. The number of ketones is 1. The summed E-state index contributed by atoms with van der Waals surface area (Å²) in [4.78, 5) is 207. The number of rotatable bonds is 14. The largest absolute Gasteiger partial charge is 0.481 e. The van der Waals surface area contributed by atoms with Crippen molar-refractivity contribution < 1.29 is 86.8 Å². The van der Waals surface area contributed by atoms with Crippen molar-refractivity contribution in [1.29, 1.82) is 0 Å². The van der Waals surface area contributed by atoms with Gasteiger partial charge in [0.2, 0.25) is 41.4 Å². The predicted molar refractivity (Wildman–Crippen MR) is 432 cm³/mol. The Labute approximate surface area is 675 Å². The number of ether oxygens (including phenoxy) is 2. The maximum Gasteiger partial charge on any atom is 0.410 e. The van der Waals surface area contributed by atoms with Crippen LogP contribution in [0.25, 0.3) is 21.5 Å². The van der Waals surface area contributed by atoms with Crippen LogP contribution >= 0.6 is 0 Å². The van der Waals surface area contributed by atoms with Gasteiger partial charge in [0, 0.05) is 69.7 Å². The molecule has 8 bridgehead atoms. The molecule has 29 nitrogen and oxygen atoms in total. The van der Waals surface area contributed by atoms with Gasteiger partial charge in [-0.25, -0.2) is 14.4 Å². The predicted octanol–water partition coefficient (Wildman–Crippen LogP) is 7.45. The van der Waals surface area contributed by atoms with Crippen molar-refractivity contribution in [3.05, 3.63) is 167 Å². The average Bonchev–Trinajstić information content (AvgIpc) is 1.62. The fourth-order valence-electron chi connectivity index (χ4n) is 14.3. The highest BCUT2D eigenvalue weighted by Gasteiger charge is 2.49. The summed E-state index contributed by atoms with van der Waals surface area (Å²) in [6, 6.07) is 22.5. The molecule has 620 valence electrons. The number of fused-ring (bicyclic) bond motifs is 2. The molecule has 0 unspecified atom stereocenters. The van der Waals surface area contributed by atoms with Crippen molar-refractivity contribution >= 4 is 105 Å². The number of nitrogens with zero attached hydrogens (tertiary/aromatic N) is 4. The summed E-state index contributed by atoms with van der Waals surface area (Å²) in [6.45, 7) is 22.3. The maximum atomic E-state index is 15.5. The molecule has 0 spiro atoms. The summed E-state index contributed by atoms with van der Waals surface area (Å²) in [6.07, 6.45) is -3.75. The van der Waals surface area contributed by atoms with E-state index in [2.05, 4.69) is 37.2 Å². The highest BCUT2D eigenvalue weighted by Crippen LogP contribution is 2.32. The van der Waals surface area contributed by atoms with Gasteiger partial charge in [-0.2, -0.15) is 0 Å². The minimum atomic E-state index is -1.67. The number of likely N-dealkylation sites (N-methyl/N-ethyl adjacent to an activating group) is 2. The van der Waals surface area contributed by atoms with Crippen LogP contribution in [-0.2, 0) is 83.1 Å². The number of carbonyl (C=O) groups excluding carboxylic acids is 12. The van der Waals surface area contributed by atoms with E-state index in [9.17, 15) is 48.6 Å². The molecule has 0 aromatic heterocycles. The standard InChI is InChI=1S/C87H109N11O18/c1-48(95(15)82(113)115-86(9,10)11)71(100)93-69(84(3,4)5)78(107)97-46-61-44-66(97)76(105)90-63(41-52-29-31-54-21-17-19-23-58(54)38-52)68(99)43-60(80(109)110)37-50-25-33-56(34-26-50)73(102)89-62-45-67(98(47-62)79(108)70(85(6,7)8)94-72(101)49(2)96(16)83(114)116-87(12,13)14)77(106)91-64(42-53-30-32-55-22-18-20-24-59(55)39-53)75(104)92-65(81(111)112)40-51-27-35-57(36-28-51)74(103)88-61/h17-36,38-39,48-49,60-67,69-70H,37,40-47H2,1-16H3,(H,88,103)(H,89,102)(H,90,105)(H,91,106)(H,92,104)(H,93,100)(H,94,101)(H,109,110)(H,111,112)/t48-,49-,60+,61-,62-,63-,64-,65-,66-,67-,69+,70+/m0/s1. The van der Waals surface area contributed by atoms with Crippen LogP contribution in [0.2, 0.25) is 0 Å². The lowest BCUT2D eigenvalue weighted by atomic mass is 9.85. The first-order chi connectivity index (χ1) is 54.2. The van der Waals surface area contributed by atoms with Gasteiger partial charge in [-0.15, -0.1) is 0 Å². The van der Waals surface area contributed by atoms with E-state index in [1.54, 1.807) is 95.2 Å². The van der Waals surface area contributed by atoms with Gasteiger partial charge in [0.25, 0.3) is 11.8 Å². The first-order valence-corrected chi connectivity index (χ1v) is 39.0. The highest BCUT2D eigenvalue weighted by molar-refractivity contribution is 6.01. The van der Waals surface area contributed by atoms with E-state index in [0.717, 1.165) is 31.3 Å². The quantitative estimate of drug-likeness (QED) is 0.0511. The van der Waals surface area contributed by atoms with E-state index in [0.29, 0.717) is 22.3 Å². The van der Waals surface area contributed by atoms with Crippen LogP contribution in [-0.4, -0.2) is 218 Å². The van der Waals surface area contributed by atoms with E-state index in [-0.39, 0.29) is 62.7 Å². The number of carbonyl (C=O) groups is 14. The van der Waals surface area contributed by atoms with Gasteiger partial charge in [-0.1, -0.05) is 151 Å². The van der Waals surface area contributed by atoms with Crippen LogP contribution in [0.5, 0.6) is 0 Å². The molecule has 2 fully saturated rings. The lowest BCUT2D eigenvalue weighted by molar-refractivity contribution is -0.145. The van der Waals surface area contributed by atoms with Gasteiger partial charge in [0.1, 0.15) is 59.5 Å². The Bertz CT molecular complexity index is 4440. The van der Waals surface area contributed by atoms with Gasteiger partial charge in [-0.05, 0) is 160 Å². The van der Waals surface area contributed by atoms with E-state index in [1.165, 1.54) is 86.3 Å². The molecule has 6 aliphatic heterocycles. The number of hydrogen-bond acceptors (Lipinski definition) is 16. The van der Waals surface area contributed by atoms with Crippen molar-refractivity contribution in [3.8, 4) is 0 Å². The molecule has 29 heteroatoms. The molecular weight excluding hydrogens is 1490 g/mol. The Morgan fingerprint density at radius 1 is 0.466 bits per heavy atom. The van der Waals surface area contributed by atoms with Gasteiger partial charge in [0.05, 0.1) is 12.0 Å². The molecule has 6 heterocycles. The molecule has 6 aromatic rings. The Balaban J connectivity index is 1.09. The highest BCUT2D eigenvalue weighted by atomic mass is 16.6. The van der Waals surface area contributed by atoms with Crippen LogP contribution in [0.15, 0.2) is 133 Å². The second-order valence-corrected chi connectivity index (χ2v) is 34.8. The molecule has 6 aliphatic rings. The number of hydrogen-bond donors (Lipinski definition) is 9. The molecule has 2 saturated heterocycles. The van der Waals surface area contributed by atoms with Crippen LogP contribution < -0.4 is 37.2 Å². The Hall–Kier alpha value is -11.8. The van der Waals surface area contributed by atoms with Crippen LogP contribution in [0, 0.1) is 16.7 Å². The van der Waals surface area contributed by atoms with Crippen molar-refractivity contribution in [2.75, 3.05) is 27.2 Å². The second-order valence-electron chi connectivity index (χ2n) is 34.8. The number of aliphatic carboxylic acids is 2. The number of Topliss-reactive ketones (excluding diaryl/α,β-unsaturated/α-hetero) is 1. The summed E-state index contributed by atoms with van der Waals surface area (Å²) in [5, 5.41) is 44.9. The van der Waals surface area contributed by atoms with Crippen molar-refractivity contribution in [3.63, 3.8) is 0 Å². The maximum absolute atomic E-state index is 15.5. The summed E-state index contributed by atoms with van der Waals surface area (Å²) >= 11 is 0. The van der Waals surface area contributed by atoms with E-state index in [4.69, 9.17) is 9.47 Å². The summed E-state index contributed by atoms with van der Waals surface area (Å²) in [7, 11) is 2.73. The van der Waals surface area contributed by atoms with E-state index >= 15 is 28.8 Å². The molecule has 12 atom stereocenters. The zero-order valence-corrected chi connectivity index (χ0v) is 68.7. The fourth-order valence-corrected chi connectivity index (χ4v) is 14.3. The average molecular weight is 1600 g/mol. The summed E-state index contributed by atoms with van der Waals surface area (Å²) in [5.74, 6) is -12.1. The van der Waals surface area contributed by atoms with Crippen LogP contribution in [0.3, 0.4) is 0 Å². The van der Waals surface area contributed by atoms with Gasteiger partial charge >= 0.3 is 24.1 Å².